The molecule has 0 radical (unpaired) electrons. The van der Waals surface area contributed by atoms with Crippen LogP contribution in [0.3, 0.4) is 0 Å². The highest BCUT2D eigenvalue weighted by molar-refractivity contribution is 6.36. The molecular weight excluding hydrogens is 219 g/mol. The lowest BCUT2D eigenvalue weighted by atomic mass is 9.99. The molecular formula is C10H18Cl2N2. The monoisotopic (exact) mass is 236 g/mol. The van der Waals surface area contributed by atoms with Gasteiger partial charge in [-0.3, -0.25) is 0 Å². The van der Waals surface area contributed by atoms with Crippen LogP contribution in [0.5, 0.6) is 0 Å². The molecule has 2 nitrogen and oxygen atoms in total. The van der Waals surface area contributed by atoms with Gasteiger partial charge in [0.1, 0.15) is 0 Å². The van der Waals surface area contributed by atoms with E-state index in [-0.39, 0.29) is 0 Å². The van der Waals surface area contributed by atoms with Gasteiger partial charge in [-0.25, -0.2) is 0 Å². The van der Waals surface area contributed by atoms with E-state index in [9.17, 15) is 0 Å². The maximum atomic E-state index is 5.81. The van der Waals surface area contributed by atoms with Gasteiger partial charge in [-0.2, -0.15) is 0 Å². The molecule has 0 bridgehead atoms. The van der Waals surface area contributed by atoms with Crippen molar-refractivity contribution in [3.05, 3.63) is 10.6 Å². The summed E-state index contributed by atoms with van der Waals surface area (Å²) in [6.45, 7) is 4.10. The van der Waals surface area contributed by atoms with Crippen LogP contribution in [0, 0.1) is 0 Å². The quantitative estimate of drug-likeness (QED) is 0.810. The molecule has 2 unspecified atom stereocenters. The molecule has 0 aromatic heterocycles. The van der Waals surface area contributed by atoms with Crippen LogP contribution >= 0.6 is 23.2 Å². The van der Waals surface area contributed by atoms with Gasteiger partial charge in [0.25, 0.3) is 0 Å². The number of nitrogens with zero attached hydrogens (tertiary/aromatic N) is 1. The molecule has 0 amide bonds. The Balaban J connectivity index is 2.26. The van der Waals surface area contributed by atoms with Crippen LogP contribution in [0.25, 0.3) is 0 Å². The zero-order chi connectivity index (χ0) is 10.6. The van der Waals surface area contributed by atoms with E-state index in [2.05, 4.69) is 24.2 Å². The summed E-state index contributed by atoms with van der Waals surface area (Å²) < 4.78 is 0. The number of halogens is 2. The van der Waals surface area contributed by atoms with E-state index in [1.54, 1.807) is 0 Å². The number of nitrogens with one attached hydrogen (secondary N) is 1. The normalized spacial score (nSPS) is 30.7. The van der Waals surface area contributed by atoms with Crippen LogP contribution in [0.15, 0.2) is 10.6 Å². The second-order valence-corrected chi connectivity index (χ2v) is 4.69. The Labute approximate surface area is 96.2 Å². The van der Waals surface area contributed by atoms with Crippen molar-refractivity contribution in [2.45, 2.75) is 31.8 Å². The molecule has 0 aliphatic carbocycles. The standard InChI is InChI=1S/C10H18Cl2N2/c1-8-5-10(3-4-14(8)2)13-7-9(12)6-11/h6,8,10,13H,3-5,7H2,1-2H3/b9-6-. The van der Waals surface area contributed by atoms with Crippen molar-refractivity contribution >= 4 is 23.2 Å². The van der Waals surface area contributed by atoms with Crippen molar-refractivity contribution in [3.8, 4) is 0 Å². The van der Waals surface area contributed by atoms with Gasteiger partial charge in [-0.1, -0.05) is 23.2 Å². The predicted molar refractivity (Wildman–Crippen MR) is 62.9 cm³/mol. The van der Waals surface area contributed by atoms with Gasteiger partial charge in [-0.15, -0.1) is 0 Å². The number of hydrogen-bond acceptors (Lipinski definition) is 2. The fraction of sp³-hybridized carbons (Fsp3) is 0.800. The number of rotatable bonds is 3. The Morgan fingerprint density at radius 2 is 2.36 bits per heavy atom. The molecule has 1 aliphatic rings. The Hall–Kier alpha value is 0.240. The highest BCUT2D eigenvalue weighted by atomic mass is 35.5. The molecule has 0 saturated carbocycles. The van der Waals surface area contributed by atoms with E-state index in [0.29, 0.717) is 23.7 Å². The van der Waals surface area contributed by atoms with Crippen molar-refractivity contribution < 1.29 is 0 Å². The summed E-state index contributed by atoms with van der Waals surface area (Å²) in [4.78, 5) is 2.39. The summed E-state index contributed by atoms with van der Waals surface area (Å²) in [7, 11) is 2.17. The Kier molecular flexibility index (Phi) is 5.24. The van der Waals surface area contributed by atoms with Crippen LogP contribution < -0.4 is 5.32 Å². The lowest BCUT2D eigenvalue weighted by molar-refractivity contribution is 0.170. The average molecular weight is 237 g/mol. The number of piperidine rings is 1. The summed E-state index contributed by atoms with van der Waals surface area (Å²) in [6.07, 6.45) is 2.37. The number of hydrogen-bond donors (Lipinski definition) is 1. The first kappa shape index (κ1) is 12.3. The maximum Gasteiger partial charge on any atom is 0.0431 e. The van der Waals surface area contributed by atoms with Gasteiger partial charge >= 0.3 is 0 Å². The highest BCUT2D eigenvalue weighted by Gasteiger charge is 2.21. The molecule has 1 saturated heterocycles. The summed E-state index contributed by atoms with van der Waals surface area (Å²) in [5, 5.41) is 4.09. The first-order valence-electron chi connectivity index (χ1n) is 5.02. The summed E-state index contributed by atoms with van der Waals surface area (Å²) in [5.41, 5.74) is 1.42. The van der Waals surface area contributed by atoms with Crippen LogP contribution in [-0.2, 0) is 0 Å². The van der Waals surface area contributed by atoms with E-state index in [4.69, 9.17) is 23.2 Å². The summed E-state index contributed by atoms with van der Waals surface area (Å²) in [6, 6.07) is 1.23. The Morgan fingerprint density at radius 1 is 1.64 bits per heavy atom. The highest BCUT2D eigenvalue weighted by Crippen LogP contribution is 2.15. The maximum absolute atomic E-state index is 5.81. The van der Waals surface area contributed by atoms with Gasteiger partial charge in [0.2, 0.25) is 0 Å². The molecule has 1 N–H and O–H groups in total. The minimum absolute atomic E-state index is 0.576. The minimum atomic E-state index is 0.576. The van der Waals surface area contributed by atoms with Crippen LogP contribution in [-0.4, -0.2) is 37.1 Å². The van der Waals surface area contributed by atoms with Crippen LogP contribution in [0.2, 0.25) is 0 Å². The Bertz CT molecular complexity index is 206. The zero-order valence-electron chi connectivity index (χ0n) is 8.76. The topological polar surface area (TPSA) is 15.3 Å². The summed E-state index contributed by atoms with van der Waals surface area (Å²) in [5.74, 6) is 0. The van der Waals surface area contributed by atoms with Crippen LogP contribution in [0.4, 0.5) is 0 Å². The predicted octanol–water partition coefficient (Wildman–Crippen LogP) is 2.38. The first-order valence-corrected chi connectivity index (χ1v) is 5.83. The van der Waals surface area contributed by atoms with E-state index in [1.165, 1.54) is 18.4 Å². The van der Waals surface area contributed by atoms with E-state index >= 15 is 0 Å². The largest absolute Gasteiger partial charge is 0.309 e. The average Bonchev–Trinajstić information content (AvgIpc) is 2.19. The lowest BCUT2D eigenvalue weighted by Gasteiger charge is -2.35. The van der Waals surface area contributed by atoms with Crippen molar-refractivity contribution in [1.82, 2.24) is 10.2 Å². The van der Waals surface area contributed by atoms with E-state index in [1.807, 2.05) is 0 Å². The molecule has 82 valence electrons. The second-order valence-electron chi connectivity index (χ2n) is 3.99. The van der Waals surface area contributed by atoms with Gasteiger partial charge < -0.3 is 10.2 Å². The molecule has 1 heterocycles. The van der Waals surface area contributed by atoms with Crippen molar-refractivity contribution in [2.75, 3.05) is 20.1 Å². The molecule has 4 heteroatoms. The third-order valence-electron chi connectivity index (χ3n) is 2.89. The third kappa shape index (κ3) is 3.77. The molecule has 2 atom stereocenters. The van der Waals surface area contributed by atoms with Crippen molar-refractivity contribution in [2.24, 2.45) is 0 Å². The fourth-order valence-corrected chi connectivity index (χ4v) is 1.91. The SMILES string of the molecule is CC1CC(NC/C(Cl)=C/Cl)CCN1C. The first-order chi connectivity index (χ1) is 6.63. The van der Waals surface area contributed by atoms with E-state index in [0.717, 1.165) is 6.54 Å². The minimum Gasteiger partial charge on any atom is -0.309 e. The Morgan fingerprint density at radius 3 is 2.93 bits per heavy atom. The second kappa shape index (κ2) is 5.96. The van der Waals surface area contributed by atoms with Crippen molar-refractivity contribution in [3.63, 3.8) is 0 Å². The van der Waals surface area contributed by atoms with Gasteiger partial charge in [-0.05, 0) is 33.4 Å². The molecule has 0 aromatic rings. The van der Waals surface area contributed by atoms with Crippen molar-refractivity contribution in [1.29, 1.82) is 0 Å². The molecule has 1 aliphatic heterocycles. The van der Waals surface area contributed by atoms with E-state index < -0.39 is 0 Å². The lowest BCUT2D eigenvalue weighted by Crippen LogP contribution is -2.45. The smallest absolute Gasteiger partial charge is 0.0431 e. The molecule has 0 aromatic carbocycles. The van der Waals surface area contributed by atoms with Crippen LogP contribution in [0.1, 0.15) is 19.8 Å². The van der Waals surface area contributed by atoms with Gasteiger partial charge in [0.15, 0.2) is 0 Å². The molecule has 1 rings (SSSR count). The molecule has 1 fully saturated rings. The fourth-order valence-electron chi connectivity index (χ4n) is 1.76. The molecule has 0 spiro atoms. The number of likely N-dealkylation sites (tertiary alicyclic amines) is 1. The van der Waals surface area contributed by atoms with Gasteiger partial charge in [0.05, 0.1) is 0 Å². The van der Waals surface area contributed by atoms with Gasteiger partial charge in [0, 0.05) is 29.2 Å². The molecule has 14 heavy (non-hydrogen) atoms. The zero-order valence-corrected chi connectivity index (χ0v) is 10.3. The third-order valence-corrected chi connectivity index (χ3v) is 3.50. The summed E-state index contributed by atoms with van der Waals surface area (Å²) >= 11 is 11.3.